The highest BCUT2D eigenvalue weighted by atomic mass is 35.5. The minimum atomic E-state index is 0. The van der Waals surface area contributed by atoms with Crippen molar-refractivity contribution < 1.29 is 0 Å². The third-order valence-electron chi connectivity index (χ3n) is 5.83. The molecule has 0 bridgehead atoms. The maximum atomic E-state index is 5.08. The summed E-state index contributed by atoms with van der Waals surface area (Å²) in [5.74, 6) is 1.03. The maximum absolute atomic E-state index is 5.08. The van der Waals surface area contributed by atoms with Crippen LogP contribution in [0.15, 0.2) is 36.7 Å². The molecule has 1 aliphatic carbocycles. The summed E-state index contributed by atoms with van der Waals surface area (Å²) < 4.78 is 2.11. The predicted octanol–water partition coefficient (Wildman–Crippen LogP) is 3.14. The molecule has 1 aromatic carbocycles. The van der Waals surface area contributed by atoms with Crippen molar-refractivity contribution >= 4 is 24.0 Å². The topological polar surface area (TPSA) is 49.6 Å². The Morgan fingerprint density at radius 3 is 2.64 bits per heavy atom. The molecule has 1 fully saturated rings. The van der Waals surface area contributed by atoms with Crippen LogP contribution in [0.25, 0.3) is 5.65 Å². The molecule has 1 saturated heterocycles. The van der Waals surface area contributed by atoms with Crippen molar-refractivity contribution in [2.75, 3.05) is 31.1 Å². The predicted molar refractivity (Wildman–Crippen MR) is 113 cm³/mol. The number of benzene rings is 1. The van der Waals surface area contributed by atoms with Crippen molar-refractivity contribution in [1.82, 2.24) is 24.5 Å². The van der Waals surface area contributed by atoms with Crippen LogP contribution >= 0.6 is 12.4 Å². The lowest BCUT2D eigenvalue weighted by Gasteiger charge is -2.25. The minimum absolute atomic E-state index is 0. The van der Waals surface area contributed by atoms with Gasteiger partial charge in [0.2, 0.25) is 5.95 Å². The molecule has 0 atom stereocenters. The molecule has 0 unspecified atom stereocenters. The summed E-state index contributed by atoms with van der Waals surface area (Å²) in [4.78, 5) is 10.1. The van der Waals surface area contributed by atoms with Crippen LogP contribution < -0.4 is 4.90 Å². The Hall–Kier alpha value is -2.18. The van der Waals surface area contributed by atoms with Gasteiger partial charge in [0.1, 0.15) is 6.33 Å². The number of halogens is 1. The molecule has 28 heavy (non-hydrogen) atoms. The van der Waals surface area contributed by atoms with E-state index in [4.69, 9.17) is 4.98 Å². The van der Waals surface area contributed by atoms with Gasteiger partial charge in [-0.3, -0.25) is 9.30 Å². The standard InChI is InChI=1S/C21H26N6.ClH/c1-2-7-17(8-3-1)15-25-11-6-12-26(14-13-25)21-23-19-10-5-4-9-18(19)20-24-22-16-27(20)21;/h1-3,7-8,16H,4-6,9-15H2;1H. The number of hydrogen-bond donors (Lipinski definition) is 0. The molecule has 0 amide bonds. The molecular formula is C21H27ClN6. The third kappa shape index (κ3) is 3.71. The van der Waals surface area contributed by atoms with Gasteiger partial charge in [0.15, 0.2) is 5.65 Å². The van der Waals surface area contributed by atoms with Gasteiger partial charge in [-0.15, -0.1) is 22.6 Å². The number of aryl methyl sites for hydroxylation is 2. The Kier molecular flexibility index (Phi) is 5.78. The Bertz CT molecular complexity index is 925. The Balaban J connectivity index is 0.00000192. The molecule has 2 aliphatic rings. The molecule has 7 heteroatoms. The lowest BCUT2D eigenvalue weighted by molar-refractivity contribution is 0.285. The highest BCUT2D eigenvalue weighted by Gasteiger charge is 2.23. The highest BCUT2D eigenvalue weighted by Crippen LogP contribution is 2.27. The van der Waals surface area contributed by atoms with E-state index >= 15 is 0 Å². The van der Waals surface area contributed by atoms with Crippen LogP contribution in [-0.2, 0) is 19.4 Å². The second-order valence-electron chi connectivity index (χ2n) is 7.67. The summed E-state index contributed by atoms with van der Waals surface area (Å²) >= 11 is 0. The second-order valence-corrected chi connectivity index (χ2v) is 7.67. The fourth-order valence-electron chi connectivity index (χ4n) is 4.41. The zero-order valence-electron chi connectivity index (χ0n) is 16.1. The van der Waals surface area contributed by atoms with Crippen LogP contribution in [0.1, 0.15) is 36.1 Å². The van der Waals surface area contributed by atoms with Gasteiger partial charge in [-0.25, -0.2) is 4.98 Å². The Morgan fingerprint density at radius 2 is 1.75 bits per heavy atom. The first-order valence-electron chi connectivity index (χ1n) is 10.1. The first-order valence-corrected chi connectivity index (χ1v) is 10.1. The molecule has 5 rings (SSSR count). The van der Waals surface area contributed by atoms with Crippen molar-refractivity contribution in [3.05, 3.63) is 53.5 Å². The molecular weight excluding hydrogens is 372 g/mol. The van der Waals surface area contributed by atoms with E-state index in [0.717, 1.165) is 63.6 Å². The van der Waals surface area contributed by atoms with Crippen LogP contribution in [0.4, 0.5) is 5.95 Å². The van der Waals surface area contributed by atoms with Crippen molar-refractivity contribution in [1.29, 1.82) is 0 Å². The summed E-state index contributed by atoms with van der Waals surface area (Å²) in [6, 6.07) is 10.8. The van der Waals surface area contributed by atoms with Crippen LogP contribution in [-0.4, -0.2) is 50.7 Å². The van der Waals surface area contributed by atoms with Crippen LogP contribution in [0.2, 0.25) is 0 Å². The lowest BCUT2D eigenvalue weighted by atomic mass is 9.97. The average Bonchev–Trinajstić information content (AvgIpc) is 3.10. The van der Waals surface area contributed by atoms with E-state index in [1.54, 1.807) is 0 Å². The van der Waals surface area contributed by atoms with E-state index in [2.05, 4.69) is 54.7 Å². The van der Waals surface area contributed by atoms with Gasteiger partial charge < -0.3 is 4.90 Å². The van der Waals surface area contributed by atoms with Crippen molar-refractivity contribution in [3.8, 4) is 0 Å². The average molecular weight is 399 g/mol. The molecule has 2 aromatic heterocycles. The van der Waals surface area contributed by atoms with Crippen LogP contribution in [0, 0.1) is 0 Å². The second kappa shape index (κ2) is 8.45. The normalized spacial score (nSPS) is 17.8. The third-order valence-corrected chi connectivity index (χ3v) is 5.83. The molecule has 1 aliphatic heterocycles. The van der Waals surface area contributed by atoms with Crippen molar-refractivity contribution in [3.63, 3.8) is 0 Å². The molecule has 0 spiro atoms. The number of anilines is 1. The number of aromatic nitrogens is 4. The molecule has 148 valence electrons. The molecule has 6 nitrogen and oxygen atoms in total. The number of hydrogen-bond acceptors (Lipinski definition) is 5. The van der Waals surface area contributed by atoms with Gasteiger partial charge in [0.25, 0.3) is 0 Å². The summed E-state index contributed by atoms with van der Waals surface area (Å²) in [7, 11) is 0. The van der Waals surface area contributed by atoms with E-state index in [1.807, 2.05) is 6.33 Å². The van der Waals surface area contributed by atoms with E-state index in [0.29, 0.717) is 0 Å². The van der Waals surface area contributed by atoms with Crippen LogP contribution in [0.3, 0.4) is 0 Å². The first-order chi connectivity index (χ1) is 13.4. The summed E-state index contributed by atoms with van der Waals surface area (Å²) in [6.07, 6.45) is 7.59. The van der Waals surface area contributed by atoms with Crippen molar-refractivity contribution in [2.24, 2.45) is 0 Å². The van der Waals surface area contributed by atoms with Crippen molar-refractivity contribution in [2.45, 2.75) is 38.6 Å². The summed E-state index contributed by atoms with van der Waals surface area (Å²) in [6.45, 7) is 5.23. The Labute approximate surface area is 172 Å². The van der Waals surface area contributed by atoms with Gasteiger partial charge in [0, 0.05) is 38.3 Å². The maximum Gasteiger partial charge on any atom is 0.212 e. The van der Waals surface area contributed by atoms with Gasteiger partial charge in [-0.1, -0.05) is 30.3 Å². The zero-order valence-corrected chi connectivity index (χ0v) is 16.9. The zero-order chi connectivity index (χ0) is 18.1. The quantitative estimate of drug-likeness (QED) is 0.678. The largest absolute Gasteiger partial charge is 0.341 e. The fourth-order valence-corrected chi connectivity index (χ4v) is 4.41. The van der Waals surface area contributed by atoms with E-state index in [1.165, 1.54) is 29.7 Å². The fraction of sp³-hybridized carbons (Fsp3) is 0.476. The summed E-state index contributed by atoms with van der Waals surface area (Å²) in [5.41, 5.74) is 4.95. The minimum Gasteiger partial charge on any atom is -0.341 e. The van der Waals surface area contributed by atoms with E-state index < -0.39 is 0 Å². The molecule has 3 heterocycles. The SMILES string of the molecule is Cl.c1ccc(CN2CCCN(c3nc4c(c5nncn35)CCCC4)CC2)cc1. The van der Waals surface area contributed by atoms with Gasteiger partial charge in [-0.2, -0.15) is 0 Å². The molecule has 0 radical (unpaired) electrons. The van der Waals surface area contributed by atoms with Crippen LogP contribution in [0.5, 0.6) is 0 Å². The number of nitrogens with zero attached hydrogens (tertiary/aromatic N) is 6. The number of fused-ring (bicyclic) bond motifs is 3. The van der Waals surface area contributed by atoms with Gasteiger partial charge in [-0.05, 0) is 37.7 Å². The first kappa shape index (κ1) is 19.2. The highest BCUT2D eigenvalue weighted by molar-refractivity contribution is 5.85. The number of rotatable bonds is 3. The monoisotopic (exact) mass is 398 g/mol. The molecule has 0 N–H and O–H groups in total. The lowest BCUT2D eigenvalue weighted by Crippen LogP contribution is -2.32. The summed E-state index contributed by atoms with van der Waals surface area (Å²) in [5, 5.41) is 8.61. The van der Waals surface area contributed by atoms with Gasteiger partial charge in [0.05, 0.1) is 5.69 Å². The Morgan fingerprint density at radius 1 is 0.893 bits per heavy atom. The molecule has 3 aromatic rings. The molecule has 0 saturated carbocycles. The smallest absolute Gasteiger partial charge is 0.212 e. The van der Waals surface area contributed by atoms with E-state index in [9.17, 15) is 0 Å². The van der Waals surface area contributed by atoms with Gasteiger partial charge >= 0.3 is 0 Å². The van der Waals surface area contributed by atoms with E-state index in [-0.39, 0.29) is 12.4 Å².